The molecule has 0 amide bonds. The first-order chi connectivity index (χ1) is 8.81. The minimum absolute atomic E-state index is 0.441. The number of allylic oxidation sites excluding steroid dienone is 1. The van der Waals surface area contributed by atoms with Gasteiger partial charge in [-0.2, -0.15) is 0 Å². The van der Waals surface area contributed by atoms with Gasteiger partial charge in [0.1, 0.15) is 6.29 Å². The Morgan fingerprint density at radius 3 is 2.17 bits per heavy atom. The standard InChI is InChI=1S/C16H30O2/c1-2-3-4-5-6-7-8-9-10-11-13-16(18)14-12-15-17/h11,13,15-16,18H,2-10,12,14H2,1H3/b13-11+. The van der Waals surface area contributed by atoms with Gasteiger partial charge >= 0.3 is 0 Å². The highest BCUT2D eigenvalue weighted by molar-refractivity contribution is 5.49. The van der Waals surface area contributed by atoms with Crippen molar-refractivity contribution in [2.45, 2.75) is 83.7 Å². The molecule has 2 nitrogen and oxygen atoms in total. The predicted octanol–water partition coefficient (Wildman–Crippen LogP) is 4.41. The Hall–Kier alpha value is -0.630. The van der Waals surface area contributed by atoms with E-state index < -0.39 is 6.10 Å². The molecule has 106 valence electrons. The van der Waals surface area contributed by atoms with E-state index >= 15 is 0 Å². The summed E-state index contributed by atoms with van der Waals surface area (Å²) < 4.78 is 0. The Morgan fingerprint density at radius 1 is 0.944 bits per heavy atom. The molecule has 1 unspecified atom stereocenters. The maximum Gasteiger partial charge on any atom is 0.120 e. The van der Waals surface area contributed by atoms with Crippen LogP contribution >= 0.6 is 0 Å². The normalized spacial score (nSPS) is 13.0. The van der Waals surface area contributed by atoms with E-state index in [2.05, 4.69) is 6.92 Å². The molecule has 18 heavy (non-hydrogen) atoms. The summed E-state index contributed by atoms with van der Waals surface area (Å²) in [7, 11) is 0. The van der Waals surface area contributed by atoms with E-state index in [4.69, 9.17) is 0 Å². The molecule has 0 rings (SSSR count). The molecule has 0 aliphatic heterocycles. The molecule has 0 aliphatic rings. The van der Waals surface area contributed by atoms with Crippen LogP contribution in [-0.4, -0.2) is 17.5 Å². The number of carbonyl (C=O) groups is 1. The lowest BCUT2D eigenvalue weighted by Crippen LogP contribution is -2.01. The van der Waals surface area contributed by atoms with Crippen molar-refractivity contribution in [3.63, 3.8) is 0 Å². The minimum Gasteiger partial charge on any atom is -0.389 e. The van der Waals surface area contributed by atoms with Crippen LogP contribution in [-0.2, 0) is 4.79 Å². The van der Waals surface area contributed by atoms with E-state index in [0.29, 0.717) is 12.8 Å². The third-order valence-corrected chi connectivity index (χ3v) is 3.16. The second-order valence-corrected chi connectivity index (χ2v) is 5.00. The molecule has 0 saturated carbocycles. The summed E-state index contributed by atoms with van der Waals surface area (Å²) in [5, 5.41) is 9.46. The lowest BCUT2D eigenvalue weighted by Gasteiger charge is -2.02. The second kappa shape index (κ2) is 14.4. The van der Waals surface area contributed by atoms with E-state index in [1.807, 2.05) is 12.2 Å². The van der Waals surface area contributed by atoms with Gasteiger partial charge in [0.2, 0.25) is 0 Å². The van der Waals surface area contributed by atoms with Crippen molar-refractivity contribution in [1.29, 1.82) is 0 Å². The van der Waals surface area contributed by atoms with E-state index in [-0.39, 0.29) is 0 Å². The van der Waals surface area contributed by atoms with Gasteiger partial charge in [0.05, 0.1) is 6.10 Å². The van der Waals surface area contributed by atoms with Crippen LogP contribution in [0.15, 0.2) is 12.2 Å². The van der Waals surface area contributed by atoms with Crippen molar-refractivity contribution in [2.24, 2.45) is 0 Å². The van der Waals surface area contributed by atoms with Gasteiger partial charge in [0.25, 0.3) is 0 Å². The van der Waals surface area contributed by atoms with Crippen LogP contribution in [0.3, 0.4) is 0 Å². The fourth-order valence-corrected chi connectivity index (χ4v) is 1.98. The third kappa shape index (κ3) is 13.4. The van der Waals surface area contributed by atoms with E-state index in [0.717, 1.165) is 12.7 Å². The number of hydrogen-bond donors (Lipinski definition) is 1. The Morgan fingerprint density at radius 2 is 1.56 bits per heavy atom. The minimum atomic E-state index is -0.441. The largest absolute Gasteiger partial charge is 0.389 e. The quantitative estimate of drug-likeness (QED) is 0.300. The molecule has 1 atom stereocenters. The number of hydrogen-bond acceptors (Lipinski definition) is 2. The van der Waals surface area contributed by atoms with Gasteiger partial charge in [0, 0.05) is 6.42 Å². The fourth-order valence-electron chi connectivity index (χ4n) is 1.98. The van der Waals surface area contributed by atoms with Crippen molar-refractivity contribution in [3.05, 3.63) is 12.2 Å². The molecule has 0 radical (unpaired) electrons. The molecular formula is C16H30O2. The average molecular weight is 254 g/mol. The topological polar surface area (TPSA) is 37.3 Å². The van der Waals surface area contributed by atoms with Gasteiger partial charge in [-0.15, -0.1) is 0 Å². The molecule has 0 saturated heterocycles. The predicted molar refractivity (Wildman–Crippen MR) is 77.7 cm³/mol. The highest BCUT2D eigenvalue weighted by Gasteiger charge is 1.96. The van der Waals surface area contributed by atoms with Crippen LogP contribution < -0.4 is 0 Å². The summed E-state index contributed by atoms with van der Waals surface area (Å²) in [6, 6.07) is 0. The van der Waals surface area contributed by atoms with Crippen molar-refractivity contribution < 1.29 is 9.90 Å². The van der Waals surface area contributed by atoms with Crippen LogP contribution in [0, 0.1) is 0 Å². The van der Waals surface area contributed by atoms with Gasteiger partial charge in [-0.1, -0.05) is 64.0 Å². The first-order valence-corrected chi connectivity index (χ1v) is 7.59. The molecule has 0 aromatic heterocycles. The summed E-state index contributed by atoms with van der Waals surface area (Å²) in [6.45, 7) is 2.25. The first kappa shape index (κ1) is 17.4. The molecule has 0 aromatic carbocycles. The number of aliphatic hydroxyl groups is 1. The van der Waals surface area contributed by atoms with E-state index in [1.165, 1.54) is 51.4 Å². The van der Waals surface area contributed by atoms with Gasteiger partial charge in [-0.25, -0.2) is 0 Å². The monoisotopic (exact) mass is 254 g/mol. The summed E-state index contributed by atoms with van der Waals surface area (Å²) in [5.41, 5.74) is 0. The molecular weight excluding hydrogens is 224 g/mol. The zero-order valence-electron chi connectivity index (χ0n) is 11.9. The van der Waals surface area contributed by atoms with Gasteiger partial charge in [-0.05, 0) is 19.3 Å². The smallest absolute Gasteiger partial charge is 0.120 e. The molecule has 0 fully saturated rings. The van der Waals surface area contributed by atoms with Crippen molar-refractivity contribution in [2.75, 3.05) is 0 Å². The number of unbranched alkanes of at least 4 members (excludes halogenated alkanes) is 8. The fraction of sp³-hybridized carbons (Fsp3) is 0.812. The molecule has 0 spiro atoms. The third-order valence-electron chi connectivity index (χ3n) is 3.16. The maximum absolute atomic E-state index is 10.1. The maximum atomic E-state index is 10.1. The van der Waals surface area contributed by atoms with Crippen molar-refractivity contribution in [1.82, 2.24) is 0 Å². The van der Waals surface area contributed by atoms with Crippen LogP contribution in [0.2, 0.25) is 0 Å². The lowest BCUT2D eigenvalue weighted by atomic mass is 10.1. The van der Waals surface area contributed by atoms with Gasteiger partial charge in [0.15, 0.2) is 0 Å². The molecule has 1 N–H and O–H groups in total. The number of carbonyl (C=O) groups excluding carboxylic acids is 1. The SMILES string of the molecule is CCCCCCCCCC/C=C/C(O)CCC=O. The van der Waals surface area contributed by atoms with Crippen LogP contribution in [0.25, 0.3) is 0 Å². The molecule has 0 bridgehead atoms. The summed E-state index contributed by atoms with van der Waals surface area (Å²) >= 11 is 0. The van der Waals surface area contributed by atoms with Gasteiger partial charge in [-0.3, -0.25) is 0 Å². The average Bonchev–Trinajstić information content (AvgIpc) is 2.38. The second-order valence-electron chi connectivity index (χ2n) is 5.00. The summed E-state index contributed by atoms with van der Waals surface area (Å²) in [4.78, 5) is 10.1. The highest BCUT2D eigenvalue weighted by Crippen LogP contribution is 2.10. The Bertz CT molecular complexity index is 199. The lowest BCUT2D eigenvalue weighted by molar-refractivity contribution is -0.108. The first-order valence-electron chi connectivity index (χ1n) is 7.59. The molecule has 2 heteroatoms. The number of aldehydes is 1. The highest BCUT2D eigenvalue weighted by atomic mass is 16.3. The summed E-state index contributed by atoms with van der Waals surface area (Å²) in [5.74, 6) is 0. The Labute approximate surface area is 112 Å². The Kier molecular flexibility index (Phi) is 13.9. The zero-order chi connectivity index (χ0) is 13.5. The van der Waals surface area contributed by atoms with Crippen LogP contribution in [0.1, 0.15) is 77.6 Å². The molecule has 0 aliphatic carbocycles. The van der Waals surface area contributed by atoms with Crippen LogP contribution in [0.4, 0.5) is 0 Å². The molecule has 0 heterocycles. The van der Waals surface area contributed by atoms with Crippen LogP contribution in [0.5, 0.6) is 0 Å². The summed E-state index contributed by atoms with van der Waals surface area (Å²) in [6.07, 6.45) is 17.0. The molecule has 0 aromatic rings. The van der Waals surface area contributed by atoms with Gasteiger partial charge < -0.3 is 9.90 Å². The zero-order valence-corrected chi connectivity index (χ0v) is 11.9. The van der Waals surface area contributed by atoms with E-state index in [1.54, 1.807) is 0 Å². The van der Waals surface area contributed by atoms with E-state index in [9.17, 15) is 9.90 Å². The van der Waals surface area contributed by atoms with Crippen molar-refractivity contribution in [3.8, 4) is 0 Å². The Balaban J connectivity index is 3.19. The number of aliphatic hydroxyl groups excluding tert-OH is 1. The number of rotatable bonds is 13. The van der Waals surface area contributed by atoms with Crippen molar-refractivity contribution >= 4 is 6.29 Å².